The summed E-state index contributed by atoms with van der Waals surface area (Å²) in [6, 6.07) is 24.1. The molecule has 3 nitrogen and oxygen atoms in total. The van der Waals surface area contributed by atoms with Crippen LogP contribution in [0.3, 0.4) is 0 Å². The molecule has 0 atom stereocenters. The van der Waals surface area contributed by atoms with Crippen molar-refractivity contribution in [3.8, 4) is 11.5 Å². The molecule has 0 fully saturated rings. The third-order valence-electron chi connectivity index (χ3n) is 4.26. The van der Waals surface area contributed by atoms with Crippen molar-refractivity contribution in [3.05, 3.63) is 95.1 Å². The highest BCUT2D eigenvalue weighted by Gasteiger charge is 2.09. The van der Waals surface area contributed by atoms with Crippen LogP contribution in [-0.4, -0.2) is 12.1 Å². The van der Waals surface area contributed by atoms with Crippen molar-refractivity contribution >= 4 is 17.2 Å². The van der Waals surface area contributed by atoms with Crippen LogP contribution >= 0.6 is 12.2 Å². The Kier molecular flexibility index (Phi) is 6.44. The molecular formula is C23H23NO2S. The normalized spacial score (nSPS) is 10.3. The number of aryl methyl sites for hydroxylation is 1. The first-order valence-electron chi connectivity index (χ1n) is 8.84. The lowest BCUT2D eigenvalue weighted by atomic mass is 10.1. The fourth-order valence-electron chi connectivity index (χ4n) is 2.65. The van der Waals surface area contributed by atoms with Crippen molar-refractivity contribution in [2.24, 2.45) is 0 Å². The summed E-state index contributed by atoms with van der Waals surface area (Å²) in [4.78, 5) is 0.672. The van der Waals surface area contributed by atoms with E-state index in [0.29, 0.717) is 18.1 Å². The van der Waals surface area contributed by atoms with E-state index in [4.69, 9.17) is 21.7 Å². The average Bonchev–Trinajstić information content (AvgIpc) is 2.72. The van der Waals surface area contributed by atoms with Gasteiger partial charge in [0.05, 0.1) is 12.7 Å². The van der Waals surface area contributed by atoms with Gasteiger partial charge in [0.2, 0.25) is 0 Å². The molecule has 0 aliphatic carbocycles. The Morgan fingerprint density at radius 1 is 0.889 bits per heavy atom. The third kappa shape index (κ3) is 5.31. The summed E-state index contributed by atoms with van der Waals surface area (Å²) in [5.41, 5.74) is 4.40. The maximum absolute atomic E-state index is 6.02. The monoisotopic (exact) mass is 377 g/mol. The van der Waals surface area contributed by atoms with Gasteiger partial charge < -0.3 is 14.8 Å². The van der Waals surface area contributed by atoms with Gasteiger partial charge in [0.25, 0.3) is 0 Å². The van der Waals surface area contributed by atoms with E-state index in [1.165, 1.54) is 5.56 Å². The van der Waals surface area contributed by atoms with Crippen LogP contribution < -0.4 is 14.8 Å². The molecule has 27 heavy (non-hydrogen) atoms. The number of thiocarbonyl (C=S) groups is 1. The highest BCUT2D eigenvalue weighted by molar-refractivity contribution is 7.80. The Morgan fingerprint density at radius 2 is 1.56 bits per heavy atom. The zero-order valence-electron chi connectivity index (χ0n) is 15.6. The topological polar surface area (TPSA) is 30.5 Å². The van der Waals surface area contributed by atoms with Crippen LogP contribution in [0.5, 0.6) is 11.5 Å². The van der Waals surface area contributed by atoms with Crippen molar-refractivity contribution in [2.75, 3.05) is 7.11 Å². The molecule has 0 saturated heterocycles. The fraction of sp³-hybridized carbons (Fsp3) is 0.174. The molecular weight excluding hydrogens is 354 g/mol. The standard InChI is InChI=1S/C23H23NO2S/c1-17-7-9-19(10-8-17)16-26-22-6-4-3-5-21(22)23(27)24-15-18-11-13-20(25-2)14-12-18/h3-14H,15-16H2,1-2H3,(H,24,27). The zero-order chi connectivity index (χ0) is 19.1. The molecule has 138 valence electrons. The van der Waals surface area contributed by atoms with Gasteiger partial charge in [-0.25, -0.2) is 0 Å². The predicted octanol–water partition coefficient (Wildman–Crippen LogP) is 5.05. The molecule has 3 rings (SSSR count). The van der Waals surface area contributed by atoms with Crippen LogP contribution in [0.4, 0.5) is 0 Å². The summed E-state index contributed by atoms with van der Waals surface area (Å²) in [7, 11) is 1.66. The number of benzene rings is 3. The molecule has 3 aromatic carbocycles. The lowest BCUT2D eigenvalue weighted by Gasteiger charge is -2.14. The number of para-hydroxylation sites is 1. The van der Waals surface area contributed by atoms with Crippen molar-refractivity contribution in [1.29, 1.82) is 0 Å². The maximum Gasteiger partial charge on any atom is 0.129 e. The van der Waals surface area contributed by atoms with Crippen molar-refractivity contribution < 1.29 is 9.47 Å². The first-order valence-corrected chi connectivity index (χ1v) is 9.25. The summed E-state index contributed by atoms with van der Waals surface area (Å²) < 4.78 is 11.2. The van der Waals surface area contributed by atoms with Gasteiger partial charge in [0.1, 0.15) is 23.1 Å². The van der Waals surface area contributed by atoms with Gasteiger partial charge in [-0.1, -0.05) is 66.3 Å². The quantitative estimate of drug-likeness (QED) is 0.584. The Morgan fingerprint density at radius 3 is 2.26 bits per heavy atom. The molecule has 0 spiro atoms. The van der Waals surface area contributed by atoms with E-state index in [2.05, 4.69) is 36.5 Å². The average molecular weight is 378 g/mol. The largest absolute Gasteiger partial charge is 0.497 e. The van der Waals surface area contributed by atoms with Crippen LogP contribution in [-0.2, 0) is 13.2 Å². The minimum absolute atomic E-state index is 0.512. The molecule has 0 amide bonds. The van der Waals surface area contributed by atoms with Gasteiger partial charge in [0, 0.05) is 6.54 Å². The number of rotatable bonds is 7. The van der Waals surface area contributed by atoms with Crippen LogP contribution in [0, 0.1) is 6.92 Å². The van der Waals surface area contributed by atoms with Gasteiger partial charge in [-0.3, -0.25) is 0 Å². The summed E-state index contributed by atoms with van der Waals surface area (Å²) in [6.45, 7) is 3.24. The van der Waals surface area contributed by atoms with E-state index in [0.717, 1.165) is 28.2 Å². The van der Waals surface area contributed by atoms with Gasteiger partial charge in [-0.15, -0.1) is 0 Å². The van der Waals surface area contributed by atoms with Gasteiger partial charge in [0.15, 0.2) is 0 Å². The SMILES string of the molecule is COc1ccc(CNC(=S)c2ccccc2OCc2ccc(C)cc2)cc1. The summed E-state index contributed by atoms with van der Waals surface area (Å²) in [6.07, 6.45) is 0. The lowest BCUT2D eigenvalue weighted by Crippen LogP contribution is -2.22. The Bertz CT molecular complexity index is 889. The van der Waals surface area contributed by atoms with Gasteiger partial charge in [-0.2, -0.15) is 0 Å². The van der Waals surface area contributed by atoms with Crippen molar-refractivity contribution in [3.63, 3.8) is 0 Å². The minimum Gasteiger partial charge on any atom is -0.497 e. The van der Waals surface area contributed by atoms with Crippen molar-refractivity contribution in [1.82, 2.24) is 5.32 Å². The second kappa shape index (κ2) is 9.19. The second-order valence-corrected chi connectivity index (χ2v) is 6.71. The molecule has 0 aliphatic heterocycles. The third-order valence-corrected chi connectivity index (χ3v) is 4.62. The minimum atomic E-state index is 0.512. The Labute approximate surface area is 166 Å². The molecule has 0 saturated carbocycles. The van der Waals surface area contributed by atoms with Gasteiger partial charge >= 0.3 is 0 Å². The number of methoxy groups -OCH3 is 1. The summed E-state index contributed by atoms with van der Waals surface area (Å²) >= 11 is 5.59. The van der Waals surface area contributed by atoms with Crippen LogP contribution in [0.25, 0.3) is 0 Å². The highest BCUT2D eigenvalue weighted by atomic mass is 32.1. The molecule has 0 bridgehead atoms. The molecule has 0 radical (unpaired) electrons. The molecule has 0 unspecified atom stereocenters. The van der Waals surface area contributed by atoms with Gasteiger partial charge in [-0.05, 0) is 42.3 Å². The smallest absolute Gasteiger partial charge is 0.129 e. The van der Waals surface area contributed by atoms with Crippen LogP contribution in [0.2, 0.25) is 0 Å². The Balaban J connectivity index is 1.63. The van der Waals surface area contributed by atoms with Crippen LogP contribution in [0.15, 0.2) is 72.8 Å². The van der Waals surface area contributed by atoms with E-state index >= 15 is 0 Å². The predicted molar refractivity (Wildman–Crippen MR) is 113 cm³/mol. The summed E-state index contributed by atoms with van der Waals surface area (Å²) in [5.74, 6) is 1.63. The number of hydrogen-bond acceptors (Lipinski definition) is 3. The molecule has 3 aromatic rings. The van der Waals surface area contributed by atoms with E-state index in [-0.39, 0.29) is 0 Å². The molecule has 1 N–H and O–H groups in total. The lowest BCUT2D eigenvalue weighted by molar-refractivity contribution is 0.305. The number of nitrogens with one attached hydrogen (secondary N) is 1. The highest BCUT2D eigenvalue weighted by Crippen LogP contribution is 2.20. The molecule has 0 heterocycles. The first-order chi connectivity index (χ1) is 13.2. The molecule has 4 heteroatoms. The number of ether oxygens (including phenoxy) is 2. The molecule has 0 aliphatic rings. The zero-order valence-corrected chi connectivity index (χ0v) is 16.4. The van der Waals surface area contributed by atoms with E-state index in [1.807, 2.05) is 48.5 Å². The van der Waals surface area contributed by atoms with E-state index < -0.39 is 0 Å². The van der Waals surface area contributed by atoms with Crippen molar-refractivity contribution in [2.45, 2.75) is 20.1 Å². The second-order valence-electron chi connectivity index (χ2n) is 6.30. The Hall–Kier alpha value is -2.85. The summed E-state index contributed by atoms with van der Waals surface area (Å²) in [5, 5.41) is 3.31. The first kappa shape index (κ1) is 18.9. The number of hydrogen-bond donors (Lipinski definition) is 1. The maximum atomic E-state index is 6.02. The molecule has 0 aromatic heterocycles. The van der Waals surface area contributed by atoms with E-state index in [1.54, 1.807) is 7.11 Å². The van der Waals surface area contributed by atoms with Crippen LogP contribution in [0.1, 0.15) is 22.3 Å². The van der Waals surface area contributed by atoms with E-state index in [9.17, 15) is 0 Å². The fourth-order valence-corrected chi connectivity index (χ4v) is 2.89.